The van der Waals surface area contributed by atoms with Crippen molar-refractivity contribution in [1.82, 2.24) is 0 Å². The van der Waals surface area contributed by atoms with E-state index in [4.69, 9.17) is 4.74 Å². The third kappa shape index (κ3) is 1.86. The van der Waals surface area contributed by atoms with Crippen LogP contribution in [0.4, 0.5) is 0 Å². The lowest BCUT2D eigenvalue weighted by atomic mass is 10.3. The molecule has 0 N–H and O–H groups in total. The lowest BCUT2D eigenvalue weighted by Crippen LogP contribution is -1.96. The predicted molar refractivity (Wildman–Crippen MR) is 52.8 cm³/mol. The summed E-state index contributed by atoms with van der Waals surface area (Å²) in [4.78, 5) is 0. The average Bonchev–Trinajstić information content (AvgIpc) is 2.78. The average molecular weight is 260 g/mol. The first-order chi connectivity index (χ1) is 5.36. The number of rotatable bonds is 2. The Bertz CT molecular complexity index is 255. The zero-order valence-electron chi connectivity index (χ0n) is 6.09. The molecule has 0 saturated heterocycles. The Morgan fingerprint density at radius 1 is 1.27 bits per heavy atom. The minimum Gasteiger partial charge on any atom is -0.489 e. The van der Waals surface area contributed by atoms with Crippen molar-refractivity contribution in [2.24, 2.45) is 0 Å². The number of hydrogen-bond donors (Lipinski definition) is 0. The van der Waals surface area contributed by atoms with E-state index in [2.05, 4.69) is 28.7 Å². The Hall–Kier alpha value is -0.250. The second kappa shape index (κ2) is 3.01. The van der Waals surface area contributed by atoms with Gasteiger partial charge in [-0.05, 0) is 47.6 Å². The highest BCUT2D eigenvalue weighted by molar-refractivity contribution is 14.1. The van der Waals surface area contributed by atoms with Gasteiger partial charge in [-0.2, -0.15) is 0 Å². The molecule has 1 aliphatic carbocycles. The van der Waals surface area contributed by atoms with Crippen LogP contribution in [0.2, 0.25) is 0 Å². The molecule has 11 heavy (non-hydrogen) atoms. The van der Waals surface area contributed by atoms with Gasteiger partial charge in [0.2, 0.25) is 0 Å². The molecule has 1 saturated carbocycles. The van der Waals surface area contributed by atoms with Crippen molar-refractivity contribution in [3.63, 3.8) is 0 Å². The lowest BCUT2D eigenvalue weighted by Gasteiger charge is -2.04. The summed E-state index contributed by atoms with van der Waals surface area (Å²) in [7, 11) is 0. The normalized spacial score (nSPS) is 16.5. The second-order valence-corrected chi connectivity index (χ2v) is 3.91. The predicted octanol–water partition coefficient (Wildman–Crippen LogP) is 2.83. The minimum atomic E-state index is 0.505. The Morgan fingerprint density at radius 2 is 2.00 bits per heavy atom. The summed E-state index contributed by atoms with van der Waals surface area (Å²) in [5.41, 5.74) is 0. The van der Waals surface area contributed by atoms with E-state index in [9.17, 15) is 0 Å². The van der Waals surface area contributed by atoms with Gasteiger partial charge in [-0.15, -0.1) is 0 Å². The maximum absolute atomic E-state index is 5.65. The van der Waals surface area contributed by atoms with Gasteiger partial charge in [0.15, 0.2) is 0 Å². The number of hydrogen-bond acceptors (Lipinski definition) is 1. The molecule has 0 spiro atoms. The summed E-state index contributed by atoms with van der Waals surface area (Å²) >= 11 is 2.30. The molecule has 1 aromatic rings. The zero-order chi connectivity index (χ0) is 7.68. The van der Waals surface area contributed by atoms with Crippen LogP contribution in [0.5, 0.6) is 5.75 Å². The Labute approximate surface area is 79.9 Å². The highest BCUT2D eigenvalue weighted by Gasteiger charge is 2.23. The summed E-state index contributed by atoms with van der Waals surface area (Å²) in [6, 6.07) is 8.14. The first-order valence-electron chi connectivity index (χ1n) is 3.77. The quantitative estimate of drug-likeness (QED) is 0.743. The van der Waals surface area contributed by atoms with E-state index in [1.165, 1.54) is 16.4 Å². The zero-order valence-corrected chi connectivity index (χ0v) is 8.24. The molecule has 0 radical (unpaired) electrons. The largest absolute Gasteiger partial charge is 0.489 e. The van der Waals surface area contributed by atoms with Crippen LogP contribution in [-0.2, 0) is 0 Å². The van der Waals surface area contributed by atoms with Crippen molar-refractivity contribution < 1.29 is 4.74 Å². The van der Waals surface area contributed by atoms with Crippen molar-refractivity contribution in [2.75, 3.05) is 0 Å². The smallest absolute Gasteiger partial charge is 0.133 e. The molecular weight excluding hydrogens is 251 g/mol. The Morgan fingerprint density at radius 3 is 2.64 bits per heavy atom. The Kier molecular flexibility index (Phi) is 2.02. The second-order valence-electron chi connectivity index (χ2n) is 2.75. The first kappa shape index (κ1) is 7.40. The molecule has 2 heteroatoms. The minimum absolute atomic E-state index is 0.505. The molecule has 0 aliphatic heterocycles. The topological polar surface area (TPSA) is 9.23 Å². The van der Waals surface area contributed by atoms with Gasteiger partial charge in [0.1, 0.15) is 5.75 Å². The molecule has 58 valence electrons. The van der Waals surface area contributed by atoms with Crippen molar-refractivity contribution in [2.45, 2.75) is 18.9 Å². The number of halogens is 1. The molecule has 1 fully saturated rings. The van der Waals surface area contributed by atoms with Gasteiger partial charge in [-0.25, -0.2) is 0 Å². The van der Waals surface area contributed by atoms with Crippen molar-refractivity contribution in [3.8, 4) is 5.75 Å². The maximum Gasteiger partial charge on any atom is 0.133 e. The molecule has 0 atom stereocenters. The van der Waals surface area contributed by atoms with Crippen molar-refractivity contribution in [3.05, 3.63) is 27.8 Å². The van der Waals surface area contributed by atoms with Gasteiger partial charge in [0.25, 0.3) is 0 Å². The third-order valence-corrected chi connectivity index (χ3v) is 2.55. The summed E-state index contributed by atoms with van der Waals surface area (Å²) in [5, 5.41) is 0. The number of benzene rings is 1. The van der Waals surface area contributed by atoms with Gasteiger partial charge in [-0.3, -0.25) is 0 Å². The molecule has 1 aromatic carbocycles. The lowest BCUT2D eigenvalue weighted by molar-refractivity contribution is 0.301. The van der Waals surface area contributed by atoms with Gasteiger partial charge in [0.05, 0.1) is 9.67 Å². The van der Waals surface area contributed by atoms with E-state index < -0.39 is 0 Å². The molecule has 0 bridgehead atoms. The molecule has 0 unspecified atom stereocenters. The van der Waals surface area contributed by atoms with Crippen LogP contribution < -0.4 is 4.74 Å². The van der Waals surface area contributed by atoms with E-state index in [1.807, 2.05) is 18.2 Å². The first-order valence-corrected chi connectivity index (χ1v) is 4.85. The molecule has 0 amide bonds. The van der Waals surface area contributed by atoms with Crippen LogP contribution in [0.3, 0.4) is 0 Å². The van der Waals surface area contributed by atoms with Gasteiger partial charge < -0.3 is 4.74 Å². The highest BCUT2D eigenvalue weighted by atomic mass is 127. The molecule has 0 heterocycles. The van der Waals surface area contributed by atoms with E-state index in [1.54, 1.807) is 0 Å². The van der Waals surface area contributed by atoms with Crippen molar-refractivity contribution >= 4 is 22.6 Å². The fraction of sp³-hybridized carbons (Fsp3) is 0.333. The molecular formula is C9H9IO. The summed E-state index contributed by atoms with van der Waals surface area (Å²) < 4.78 is 6.85. The molecule has 1 nitrogen and oxygen atoms in total. The SMILES string of the molecule is Ic1ccccc1OC1CC1. The summed E-state index contributed by atoms with van der Waals surface area (Å²) in [6.07, 6.45) is 2.96. The van der Waals surface area contributed by atoms with Gasteiger partial charge in [0, 0.05) is 0 Å². The van der Waals surface area contributed by atoms with Crippen LogP contribution >= 0.6 is 22.6 Å². The van der Waals surface area contributed by atoms with E-state index in [0.717, 1.165) is 5.75 Å². The van der Waals surface area contributed by atoms with Crippen molar-refractivity contribution in [1.29, 1.82) is 0 Å². The van der Waals surface area contributed by atoms with Crippen LogP contribution in [0, 0.1) is 3.57 Å². The van der Waals surface area contributed by atoms with Crippen LogP contribution in [0.25, 0.3) is 0 Å². The molecule has 0 aromatic heterocycles. The van der Waals surface area contributed by atoms with Gasteiger partial charge in [-0.1, -0.05) is 12.1 Å². The van der Waals surface area contributed by atoms with E-state index in [-0.39, 0.29) is 0 Å². The fourth-order valence-electron chi connectivity index (χ4n) is 0.906. The fourth-order valence-corrected chi connectivity index (χ4v) is 1.42. The number of para-hydroxylation sites is 1. The van der Waals surface area contributed by atoms with Crippen LogP contribution in [0.15, 0.2) is 24.3 Å². The van der Waals surface area contributed by atoms with E-state index >= 15 is 0 Å². The molecule has 2 rings (SSSR count). The third-order valence-electron chi connectivity index (χ3n) is 1.65. The highest BCUT2D eigenvalue weighted by Crippen LogP contribution is 2.29. The maximum atomic E-state index is 5.65. The van der Waals surface area contributed by atoms with E-state index in [0.29, 0.717) is 6.10 Å². The van der Waals surface area contributed by atoms with Gasteiger partial charge >= 0.3 is 0 Å². The van der Waals surface area contributed by atoms with Crippen LogP contribution in [-0.4, -0.2) is 6.10 Å². The number of ether oxygens (including phenoxy) is 1. The Balaban J connectivity index is 2.15. The monoisotopic (exact) mass is 260 g/mol. The summed E-state index contributed by atoms with van der Waals surface area (Å²) in [6.45, 7) is 0. The molecule has 1 aliphatic rings. The summed E-state index contributed by atoms with van der Waals surface area (Å²) in [5.74, 6) is 1.04. The van der Waals surface area contributed by atoms with Crippen LogP contribution in [0.1, 0.15) is 12.8 Å². The standard InChI is InChI=1S/C9H9IO/c10-8-3-1-2-4-9(8)11-7-5-6-7/h1-4,7H,5-6H2.